The van der Waals surface area contributed by atoms with Gasteiger partial charge in [0.1, 0.15) is 5.54 Å². The zero-order valence-electron chi connectivity index (χ0n) is 15.2. The number of anilines is 1. The molecule has 4 aliphatic rings. The van der Waals surface area contributed by atoms with E-state index in [1.54, 1.807) is 4.90 Å². The van der Waals surface area contributed by atoms with Crippen molar-refractivity contribution in [2.45, 2.75) is 37.3 Å². The molecule has 0 unspecified atom stereocenters. The van der Waals surface area contributed by atoms with Crippen LogP contribution in [0, 0.1) is 5.92 Å². The number of amides is 3. The molecule has 3 atom stereocenters. The fraction of sp³-hybridized carbons (Fsp3) is 0.550. The lowest BCUT2D eigenvalue weighted by atomic mass is 9.78. The molecule has 0 bridgehead atoms. The van der Waals surface area contributed by atoms with E-state index in [2.05, 4.69) is 15.5 Å². The zero-order valence-corrected chi connectivity index (χ0v) is 15.2. The lowest BCUT2D eigenvalue weighted by Gasteiger charge is -2.38. The number of hydrogen-bond acceptors (Lipinski definition) is 4. The van der Waals surface area contributed by atoms with Gasteiger partial charge in [-0.2, -0.15) is 0 Å². The molecule has 0 aliphatic carbocycles. The number of hydrogen-bond donors (Lipinski definition) is 2. The molecule has 1 aromatic rings. The van der Waals surface area contributed by atoms with E-state index < -0.39 is 11.5 Å². The van der Waals surface area contributed by atoms with Crippen LogP contribution in [0.25, 0.3) is 0 Å². The van der Waals surface area contributed by atoms with Crippen LogP contribution in [0.2, 0.25) is 0 Å². The molecule has 0 radical (unpaired) electrons. The van der Waals surface area contributed by atoms with Crippen molar-refractivity contribution >= 4 is 23.4 Å². The van der Waals surface area contributed by atoms with Crippen LogP contribution in [0.4, 0.5) is 5.69 Å². The summed E-state index contributed by atoms with van der Waals surface area (Å²) in [6, 6.07) is 7.97. The van der Waals surface area contributed by atoms with E-state index >= 15 is 0 Å². The molecule has 4 heterocycles. The number of rotatable bonds is 1. The first-order valence-corrected chi connectivity index (χ1v) is 9.85. The van der Waals surface area contributed by atoms with Crippen molar-refractivity contribution in [1.29, 1.82) is 0 Å². The Morgan fingerprint density at radius 1 is 1.15 bits per heavy atom. The summed E-state index contributed by atoms with van der Waals surface area (Å²) in [7, 11) is 0. The van der Waals surface area contributed by atoms with Crippen LogP contribution in [-0.2, 0) is 19.9 Å². The average molecular weight is 368 g/mol. The van der Waals surface area contributed by atoms with Gasteiger partial charge >= 0.3 is 0 Å². The molecule has 7 nitrogen and oxygen atoms in total. The number of para-hydroxylation sites is 1. The van der Waals surface area contributed by atoms with Crippen molar-refractivity contribution in [2.75, 3.05) is 31.5 Å². The van der Waals surface area contributed by atoms with Crippen molar-refractivity contribution in [3.63, 3.8) is 0 Å². The van der Waals surface area contributed by atoms with Crippen molar-refractivity contribution in [1.82, 2.24) is 15.1 Å². The van der Waals surface area contributed by atoms with Gasteiger partial charge in [0.2, 0.25) is 17.7 Å². The fourth-order valence-electron chi connectivity index (χ4n) is 5.58. The van der Waals surface area contributed by atoms with Gasteiger partial charge in [-0.3, -0.25) is 19.3 Å². The van der Waals surface area contributed by atoms with Crippen LogP contribution in [0.15, 0.2) is 24.3 Å². The summed E-state index contributed by atoms with van der Waals surface area (Å²) < 4.78 is 0. The first kappa shape index (κ1) is 16.7. The zero-order chi connectivity index (χ0) is 18.6. The van der Waals surface area contributed by atoms with Gasteiger partial charge in [-0.1, -0.05) is 18.2 Å². The topological polar surface area (TPSA) is 81.8 Å². The Labute approximate surface area is 158 Å². The molecule has 7 heteroatoms. The number of fused-ring (bicyclic) bond motifs is 4. The van der Waals surface area contributed by atoms with E-state index in [-0.39, 0.29) is 30.3 Å². The van der Waals surface area contributed by atoms with Crippen LogP contribution in [0.5, 0.6) is 0 Å². The smallest absolute Gasteiger partial charge is 0.250 e. The largest absolute Gasteiger partial charge is 0.354 e. The van der Waals surface area contributed by atoms with E-state index in [9.17, 15) is 14.4 Å². The van der Waals surface area contributed by atoms with Gasteiger partial charge in [0, 0.05) is 30.4 Å². The van der Waals surface area contributed by atoms with Gasteiger partial charge in [0.15, 0.2) is 0 Å². The van der Waals surface area contributed by atoms with Gasteiger partial charge in [0.25, 0.3) is 0 Å². The molecule has 3 amide bonds. The number of nitrogens with zero attached hydrogens (tertiary/aromatic N) is 2. The standard InChI is InChI=1S/C20H24N4O3/c25-17-12-23(9-4-8-21-17)18(26)15-11-13-5-3-10-24(13)20(15)14-6-1-2-7-16(14)22-19(20)27/h1-2,6-7,13,15H,3-5,8-12H2,(H,21,25)(H,22,27)/t13-,15+,20+/m1/s1. The van der Waals surface area contributed by atoms with Crippen molar-refractivity contribution in [3.05, 3.63) is 29.8 Å². The fourth-order valence-corrected chi connectivity index (χ4v) is 5.58. The second-order valence-electron chi connectivity index (χ2n) is 8.01. The third-order valence-electron chi connectivity index (χ3n) is 6.65. The minimum absolute atomic E-state index is 0.0618. The summed E-state index contributed by atoms with van der Waals surface area (Å²) in [5.41, 5.74) is 0.788. The van der Waals surface area contributed by atoms with E-state index in [0.717, 1.165) is 37.1 Å². The van der Waals surface area contributed by atoms with Crippen molar-refractivity contribution in [3.8, 4) is 0 Å². The molecule has 1 aromatic carbocycles. The Bertz CT molecular complexity index is 825. The molecule has 27 heavy (non-hydrogen) atoms. The quantitative estimate of drug-likeness (QED) is 0.763. The molecule has 0 aromatic heterocycles. The Morgan fingerprint density at radius 3 is 2.89 bits per heavy atom. The number of benzene rings is 1. The van der Waals surface area contributed by atoms with Crippen molar-refractivity contribution in [2.24, 2.45) is 5.92 Å². The minimum atomic E-state index is -0.933. The third kappa shape index (κ3) is 2.27. The summed E-state index contributed by atoms with van der Waals surface area (Å²) in [6.45, 7) is 2.06. The highest BCUT2D eigenvalue weighted by atomic mass is 16.2. The van der Waals surface area contributed by atoms with Crippen molar-refractivity contribution < 1.29 is 14.4 Å². The van der Waals surface area contributed by atoms with Gasteiger partial charge in [0.05, 0.1) is 12.5 Å². The summed E-state index contributed by atoms with van der Waals surface area (Å²) in [4.78, 5) is 42.8. The van der Waals surface area contributed by atoms with E-state index in [1.165, 1.54) is 0 Å². The Balaban J connectivity index is 1.58. The predicted molar refractivity (Wildman–Crippen MR) is 98.8 cm³/mol. The molecular weight excluding hydrogens is 344 g/mol. The third-order valence-corrected chi connectivity index (χ3v) is 6.65. The Hall–Kier alpha value is -2.41. The molecule has 1 spiro atoms. The molecule has 0 saturated carbocycles. The van der Waals surface area contributed by atoms with E-state index in [0.29, 0.717) is 19.5 Å². The highest BCUT2D eigenvalue weighted by Gasteiger charge is 2.65. The van der Waals surface area contributed by atoms with Gasteiger partial charge in [-0.25, -0.2) is 0 Å². The Morgan fingerprint density at radius 2 is 2.00 bits per heavy atom. The molecule has 4 aliphatic heterocycles. The summed E-state index contributed by atoms with van der Waals surface area (Å²) in [6.07, 6.45) is 3.49. The molecule has 142 valence electrons. The highest BCUT2D eigenvalue weighted by Crippen LogP contribution is 2.55. The normalized spacial score (nSPS) is 32.8. The maximum Gasteiger partial charge on any atom is 0.250 e. The minimum Gasteiger partial charge on any atom is -0.354 e. The van der Waals surface area contributed by atoms with Gasteiger partial charge in [-0.05, 0) is 38.3 Å². The monoisotopic (exact) mass is 368 g/mol. The molecular formula is C20H24N4O3. The molecule has 3 fully saturated rings. The number of carbonyl (C=O) groups is 3. The van der Waals surface area contributed by atoms with Crippen LogP contribution < -0.4 is 10.6 Å². The second kappa shape index (κ2) is 6.05. The van der Waals surface area contributed by atoms with Crippen LogP contribution in [0.1, 0.15) is 31.2 Å². The highest BCUT2D eigenvalue weighted by molar-refractivity contribution is 6.09. The van der Waals surface area contributed by atoms with Gasteiger partial charge in [-0.15, -0.1) is 0 Å². The second-order valence-corrected chi connectivity index (χ2v) is 8.01. The lowest BCUT2D eigenvalue weighted by Crippen LogP contribution is -2.55. The number of carbonyl (C=O) groups excluding carboxylic acids is 3. The van der Waals surface area contributed by atoms with Crippen LogP contribution >= 0.6 is 0 Å². The number of nitrogens with one attached hydrogen (secondary N) is 2. The lowest BCUT2D eigenvalue weighted by molar-refractivity contribution is -0.145. The molecule has 5 rings (SSSR count). The maximum absolute atomic E-state index is 13.6. The van der Waals surface area contributed by atoms with Crippen LogP contribution in [-0.4, -0.2) is 59.7 Å². The summed E-state index contributed by atoms with van der Waals surface area (Å²) >= 11 is 0. The summed E-state index contributed by atoms with van der Waals surface area (Å²) in [5.74, 6) is -0.721. The first-order valence-electron chi connectivity index (χ1n) is 9.85. The SMILES string of the molecule is O=C1CN(C(=O)[C@@H]2C[C@H]3CCCN3[C@]23C(=O)Nc2ccccc23)CCCN1. The Kier molecular flexibility index (Phi) is 3.75. The van der Waals surface area contributed by atoms with E-state index in [4.69, 9.17) is 0 Å². The molecule has 3 saturated heterocycles. The summed E-state index contributed by atoms with van der Waals surface area (Å²) in [5, 5.41) is 5.84. The first-order chi connectivity index (χ1) is 13.1. The van der Waals surface area contributed by atoms with Crippen LogP contribution in [0.3, 0.4) is 0 Å². The van der Waals surface area contributed by atoms with E-state index in [1.807, 2.05) is 24.3 Å². The average Bonchev–Trinajstić information content (AvgIpc) is 3.26. The predicted octanol–water partition coefficient (Wildman–Crippen LogP) is 0.667. The molecule has 2 N–H and O–H groups in total. The van der Waals surface area contributed by atoms with Gasteiger partial charge < -0.3 is 15.5 Å². The maximum atomic E-state index is 13.6.